The van der Waals surface area contributed by atoms with Gasteiger partial charge in [0.1, 0.15) is 5.75 Å². The van der Waals surface area contributed by atoms with Crippen LogP contribution in [0.3, 0.4) is 0 Å². The van der Waals surface area contributed by atoms with Gasteiger partial charge in [0.15, 0.2) is 0 Å². The highest BCUT2D eigenvalue weighted by atomic mass is 16.5. The van der Waals surface area contributed by atoms with Gasteiger partial charge >= 0.3 is 0 Å². The Bertz CT molecular complexity index is 812. The highest BCUT2D eigenvalue weighted by Crippen LogP contribution is 2.31. The molecule has 0 saturated heterocycles. The Morgan fingerprint density at radius 1 is 1.25 bits per heavy atom. The van der Waals surface area contributed by atoms with E-state index in [4.69, 9.17) is 15.5 Å². The Kier molecular flexibility index (Phi) is 7.24. The van der Waals surface area contributed by atoms with Crippen LogP contribution >= 0.6 is 0 Å². The normalized spacial score (nSPS) is 13.8. The highest BCUT2D eigenvalue weighted by Gasteiger charge is 2.17. The molecule has 2 aromatic rings. The van der Waals surface area contributed by atoms with Crippen molar-refractivity contribution in [1.82, 2.24) is 10.3 Å². The molecule has 28 heavy (non-hydrogen) atoms. The van der Waals surface area contributed by atoms with Gasteiger partial charge in [-0.25, -0.2) is 0 Å². The van der Waals surface area contributed by atoms with Crippen molar-refractivity contribution in [1.29, 1.82) is 0 Å². The molecule has 1 unspecified atom stereocenters. The van der Waals surface area contributed by atoms with Crippen LogP contribution in [0.4, 0.5) is 5.69 Å². The molecule has 154 valence electrons. The molecule has 1 aromatic carbocycles. The minimum absolute atomic E-state index is 0.0185. The smallest absolute Gasteiger partial charge is 0.236 e. The van der Waals surface area contributed by atoms with E-state index in [1.165, 1.54) is 0 Å². The van der Waals surface area contributed by atoms with E-state index in [1.54, 1.807) is 14.0 Å². The Morgan fingerprint density at radius 3 is 2.57 bits per heavy atom. The van der Waals surface area contributed by atoms with Gasteiger partial charge in [-0.1, -0.05) is 26.8 Å². The monoisotopic (exact) mass is 386 g/mol. The van der Waals surface area contributed by atoms with Gasteiger partial charge < -0.3 is 21.1 Å². The van der Waals surface area contributed by atoms with Gasteiger partial charge in [0.25, 0.3) is 0 Å². The number of methoxy groups -OCH3 is 1. The van der Waals surface area contributed by atoms with Crippen LogP contribution in [-0.4, -0.2) is 36.6 Å². The first-order valence-corrected chi connectivity index (χ1v) is 9.91. The third kappa shape index (κ3) is 5.83. The fourth-order valence-corrected chi connectivity index (χ4v) is 2.97. The molecule has 4 N–H and O–H groups in total. The number of amides is 1. The minimum Gasteiger partial charge on any atom is -0.497 e. The summed E-state index contributed by atoms with van der Waals surface area (Å²) in [5.74, 6) is 0.690. The predicted octanol–water partition coefficient (Wildman–Crippen LogP) is 3.58. The standard InChI is InChI=1S/C22H34N4O2/c1-14(8-7-11-24-21(27)15(2)23)25-18-13-17(28-6)12-16-9-10-19(22(3,4)5)26-20(16)18/h9-10,12-15,25H,7-8,11,23H2,1-6H3,(H,24,27)/t14?,15-/m0/s1. The number of ether oxygens (including phenoxy) is 1. The number of hydrogen-bond acceptors (Lipinski definition) is 5. The maximum absolute atomic E-state index is 11.5. The van der Waals surface area contributed by atoms with E-state index in [9.17, 15) is 4.79 Å². The van der Waals surface area contributed by atoms with Crippen molar-refractivity contribution in [3.63, 3.8) is 0 Å². The zero-order valence-electron chi connectivity index (χ0n) is 17.9. The number of anilines is 1. The van der Waals surface area contributed by atoms with Gasteiger partial charge in [0.05, 0.1) is 24.4 Å². The maximum atomic E-state index is 11.5. The van der Waals surface area contributed by atoms with Crippen molar-refractivity contribution in [3.8, 4) is 5.75 Å². The summed E-state index contributed by atoms with van der Waals surface area (Å²) >= 11 is 0. The number of nitrogens with one attached hydrogen (secondary N) is 2. The zero-order valence-corrected chi connectivity index (χ0v) is 17.9. The molecule has 2 rings (SSSR count). The zero-order chi connectivity index (χ0) is 20.9. The van der Waals surface area contributed by atoms with Crippen LogP contribution in [0.25, 0.3) is 10.9 Å². The van der Waals surface area contributed by atoms with Crippen molar-refractivity contribution in [2.24, 2.45) is 5.73 Å². The molecule has 1 aromatic heterocycles. The molecule has 0 spiro atoms. The molecule has 0 bridgehead atoms. The van der Waals surface area contributed by atoms with Gasteiger partial charge in [0.2, 0.25) is 5.91 Å². The number of benzene rings is 1. The SMILES string of the molecule is COc1cc(NC(C)CCCNC(=O)[C@H](C)N)c2nc(C(C)(C)C)ccc2c1. The molecule has 1 amide bonds. The molecule has 2 atom stereocenters. The van der Waals surface area contributed by atoms with Gasteiger partial charge in [-0.3, -0.25) is 9.78 Å². The van der Waals surface area contributed by atoms with Crippen LogP contribution < -0.4 is 21.1 Å². The summed E-state index contributed by atoms with van der Waals surface area (Å²) < 4.78 is 5.46. The van der Waals surface area contributed by atoms with Crippen molar-refractivity contribution in [2.75, 3.05) is 19.0 Å². The Hall–Kier alpha value is -2.34. The predicted molar refractivity (Wildman–Crippen MR) is 116 cm³/mol. The molecule has 0 aliphatic carbocycles. The third-order valence-electron chi connectivity index (χ3n) is 4.70. The lowest BCUT2D eigenvalue weighted by Gasteiger charge is -2.21. The summed E-state index contributed by atoms with van der Waals surface area (Å²) in [5, 5.41) is 7.47. The molecule has 0 radical (unpaired) electrons. The number of rotatable bonds is 8. The van der Waals surface area contributed by atoms with E-state index < -0.39 is 6.04 Å². The number of pyridine rings is 1. The number of nitrogens with zero attached hydrogens (tertiary/aromatic N) is 1. The van der Waals surface area contributed by atoms with E-state index in [0.717, 1.165) is 40.9 Å². The second kappa shape index (κ2) is 9.24. The number of carbonyl (C=O) groups is 1. The first-order chi connectivity index (χ1) is 13.1. The molecule has 1 heterocycles. The van der Waals surface area contributed by atoms with Crippen molar-refractivity contribution < 1.29 is 9.53 Å². The fourth-order valence-electron chi connectivity index (χ4n) is 2.97. The quantitative estimate of drug-likeness (QED) is 0.603. The van der Waals surface area contributed by atoms with Crippen molar-refractivity contribution in [2.45, 2.75) is 65.0 Å². The Balaban J connectivity index is 2.14. The lowest BCUT2D eigenvalue weighted by atomic mass is 9.91. The summed E-state index contributed by atoms with van der Waals surface area (Å²) in [5.41, 5.74) is 8.51. The molecule has 0 aliphatic heterocycles. The number of nitrogens with two attached hydrogens (primary N) is 1. The van der Waals surface area contributed by atoms with Crippen LogP contribution in [0.5, 0.6) is 5.75 Å². The molecule has 0 saturated carbocycles. The summed E-state index contributed by atoms with van der Waals surface area (Å²) in [4.78, 5) is 16.5. The van der Waals surface area contributed by atoms with E-state index in [0.29, 0.717) is 6.54 Å². The van der Waals surface area contributed by atoms with Crippen molar-refractivity contribution >= 4 is 22.5 Å². The lowest BCUT2D eigenvalue weighted by Crippen LogP contribution is -2.38. The lowest BCUT2D eigenvalue weighted by molar-refractivity contribution is -0.121. The first kappa shape index (κ1) is 22.0. The number of hydrogen-bond donors (Lipinski definition) is 3. The topological polar surface area (TPSA) is 89.3 Å². The largest absolute Gasteiger partial charge is 0.497 e. The molecular formula is C22H34N4O2. The van der Waals surface area contributed by atoms with E-state index in [1.807, 2.05) is 12.1 Å². The van der Waals surface area contributed by atoms with Gasteiger partial charge in [-0.2, -0.15) is 0 Å². The molecule has 0 aliphatic rings. The average molecular weight is 387 g/mol. The summed E-state index contributed by atoms with van der Waals surface area (Å²) in [6.07, 6.45) is 1.78. The van der Waals surface area contributed by atoms with Gasteiger partial charge in [-0.05, 0) is 38.8 Å². The van der Waals surface area contributed by atoms with Gasteiger partial charge in [0, 0.05) is 35.1 Å². The first-order valence-electron chi connectivity index (χ1n) is 9.91. The molecule has 6 nitrogen and oxygen atoms in total. The number of carbonyl (C=O) groups excluding carboxylic acids is 1. The average Bonchev–Trinajstić information content (AvgIpc) is 2.63. The van der Waals surface area contributed by atoms with Crippen LogP contribution in [0, 0.1) is 0 Å². The van der Waals surface area contributed by atoms with E-state index in [2.05, 4.69) is 50.5 Å². The molecule has 6 heteroatoms. The fraction of sp³-hybridized carbons (Fsp3) is 0.545. The minimum atomic E-state index is -0.471. The maximum Gasteiger partial charge on any atom is 0.236 e. The number of aromatic nitrogens is 1. The summed E-state index contributed by atoms with van der Waals surface area (Å²) in [7, 11) is 1.67. The highest BCUT2D eigenvalue weighted by molar-refractivity contribution is 5.92. The van der Waals surface area contributed by atoms with Crippen LogP contribution in [0.2, 0.25) is 0 Å². The van der Waals surface area contributed by atoms with Crippen molar-refractivity contribution in [3.05, 3.63) is 30.0 Å². The Morgan fingerprint density at radius 2 is 1.96 bits per heavy atom. The van der Waals surface area contributed by atoms with E-state index >= 15 is 0 Å². The second-order valence-electron chi connectivity index (χ2n) is 8.46. The molecule has 0 fully saturated rings. The van der Waals surface area contributed by atoms with E-state index in [-0.39, 0.29) is 17.4 Å². The summed E-state index contributed by atoms with van der Waals surface area (Å²) in [6.45, 7) is 10.9. The third-order valence-corrected chi connectivity index (χ3v) is 4.70. The number of fused-ring (bicyclic) bond motifs is 1. The van der Waals surface area contributed by atoms with Crippen LogP contribution in [0.15, 0.2) is 24.3 Å². The van der Waals surface area contributed by atoms with Gasteiger partial charge in [-0.15, -0.1) is 0 Å². The second-order valence-corrected chi connectivity index (χ2v) is 8.46. The Labute approximate surface area is 168 Å². The summed E-state index contributed by atoms with van der Waals surface area (Å²) in [6, 6.07) is 7.94. The van der Waals surface area contributed by atoms with Crippen LogP contribution in [-0.2, 0) is 10.2 Å². The van der Waals surface area contributed by atoms with Crippen LogP contribution in [0.1, 0.15) is 53.2 Å². The molecular weight excluding hydrogens is 352 g/mol.